The maximum Gasteiger partial charge on any atom is 0.417 e. The fourth-order valence-electron chi connectivity index (χ4n) is 6.23. The Kier molecular flexibility index (Phi) is 35.5. The zero-order valence-corrected chi connectivity index (χ0v) is 30.4. The highest BCUT2D eigenvalue weighted by molar-refractivity contribution is 5.84. The van der Waals surface area contributed by atoms with Crippen molar-refractivity contribution in [1.82, 2.24) is 4.90 Å². The van der Waals surface area contributed by atoms with Crippen molar-refractivity contribution in [3.05, 3.63) is 0 Å². The van der Waals surface area contributed by atoms with Crippen molar-refractivity contribution in [1.29, 1.82) is 0 Å². The minimum atomic E-state index is -0.432. The number of rotatable bonds is 35. The Balaban J connectivity index is 3.77. The van der Waals surface area contributed by atoms with Crippen molar-refractivity contribution in [3.63, 3.8) is 0 Å². The highest BCUT2D eigenvalue weighted by Crippen LogP contribution is 2.16. The highest BCUT2D eigenvalue weighted by Gasteiger charge is 2.17. The Bertz CT molecular complexity index is 557. The van der Waals surface area contributed by atoms with Gasteiger partial charge in [-0.2, -0.15) is 0 Å². The molecule has 262 valence electrons. The van der Waals surface area contributed by atoms with Crippen molar-refractivity contribution < 1.29 is 14.3 Å². The summed E-state index contributed by atoms with van der Waals surface area (Å²) >= 11 is 0. The van der Waals surface area contributed by atoms with Crippen LogP contribution in [-0.4, -0.2) is 30.1 Å². The lowest BCUT2D eigenvalue weighted by Gasteiger charge is -2.21. The second-order valence-electron chi connectivity index (χ2n) is 13.7. The van der Waals surface area contributed by atoms with E-state index in [0.29, 0.717) is 13.1 Å². The molecule has 44 heavy (non-hydrogen) atoms. The lowest BCUT2D eigenvalue weighted by atomic mass is 10.0. The van der Waals surface area contributed by atoms with E-state index in [-0.39, 0.29) is 6.42 Å². The van der Waals surface area contributed by atoms with Gasteiger partial charge in [-0.1, -0.05) is 213 Å². The van der Waals surface area contributed by atoms with Crippen molar-refractivity contribution in [2.24, 2.45) is 0 Å². The molecule has 0 unspecified atom stereocenters. The van der Waals surface area contributed by atoms with E-state index in [2.05, 4.69) is 13.8 Å². The summed E-state index contributed by atoms with van der Waals surface area (Å²) in [6.07, 6.45) is 42.9. The summed E-state index contributed by atoms with van der Waals surface area (Å²) in [7, 11) is 0. The molecule has 0 aliphatic heterocycles. The van der Waals surface area contributed by atoms with Crippen molar-refractivity contribution in [2.75, 3.05) is 13.1 Å². The molecule has 0 saturated carbocycles. The first-order chi connectivity index (χ1) is 21.7. The molecule has 0 N–H and O–H groups in total. The Labute approximate surface area is 276 Å². The normalized spacial score (nSPS) is 11.2. The number of amides is 1. The monoisotopic (exact) mass is 622 g/mol. The van der Waals surface area contributed by atoms with Gasteiger partial charge in [0, 0.05) is 19.5 Å². The zero-order valence-electron chi connectivity index (χ0n) is 30.4. The van der Waals surface area contributed by atoms with Crippen LogP contribution in [0.5, 0.6) is 0 Å². The van der Waals surface area contributed by atoms with Crippen LogP contribution < -0.4 is 0 Å². The van der Waals surface area contributed by atoms with Crippen LogP contribution in [0.3, 0.4) is 0 Å². The van der Waals surface area contributed by atoms with Crippen molar-refractivity contribution >= 4 is 12.1 Å². The fraction of sp³-hybridized carbons (Fsp3) is 0.950. The standard InChI is InChI=1S/C40H79NO3/c1-4-7-9-11-13-15-17-19-21-23-25-27-29-31-33-35-37-41(40(43)44-39(42)6-3)38-36-34-32-30-28-26-24-22-20-18-16-14-12-10-8-5-2/h4-38H2,1-3H3. The first-order valence-electron chi connectivity index (χ1n) is 20.1. The number of hydrogen-bond acceptors (Lipinski definition) is 3. The predicted molar refractivity (Wildman–Crippen MR) is 192 cm³/mol. The molecule has 0 aromatic carbocycles. The summed E-state index contributed by atoms with van der Waals surface area (Å²) in [5, 5.41) is 0. The molecule has 0 heterocycles. The zero-order chi connectivity index (χ0) is 32.2. The van der Waals surface area contributed by atoms with Crippen LogP contribution in [0.2, 0.25) is 0 Å². The van der Waals surface area contributed by atoms with E-state index in [1.807, 2.05) is 0 Å². The second-order valence-corrected chi connectivity index (χ2v) is 13.7. The number of unbranched alkanes of at least 4 members (excludes halogenated alkanes) is 30. The van der Waals surface area contributed by atoms with E-state index in [9.17, 15) is 9.59 Å². The van der Waals surface area contributed by atoms with E-state index >= 15 is 0 Å². The van der Waals surface area contributed by atoms with Crippen LogP contribution in [0.25, 0.3) is 0 Å². The summed E-state index contributed by atoms with van der Waals surface area (Å²) in [6.45, 7) is 7.74. The summed E-state index contributed by atoms with van der Waals surface area (Å²) in [5.41, 5.74) is 0. The topological polar surface area (TPSA) is 46.6 Å². The van der Waals surface area contributed by atoms with Crippen LogP contribution in [0.4, 0.5) is 4.79 Å². The molecular weight excluding hydrogens is 542 g/mol. The van der Waals surface area contributed by atoms with Crippen LogP contribution in [0.1, 0.15) is 233 Å². The van der Waals surface area contributed by atoms with Gasteiger partial charge in [-0.25, -0.2) is 4.79 Å². The largest absolute Gasteiger partial charge is 0.417 e. The smallest absolute Gasteiger partial charge is 0.376 e. The Morgan fingerprint density at radius 1 is 0.364 bits per heavy atom. The van der Waals surface area contributed by atoms with Gasteiger partial charge >= 0.3 is 12.1 Å². The molecule has 0 atom stereocenters. The number of esters is 1. The molecule has 0 bridgehead atoms. The molecule has 0 rings (SSSR count). The van der Waals surface area contributed by atoms with Gasteiger partial charge in [0.2, 0.25) is 0 Å². The molecule has 0 fully saturated rings. The minimum absolute atomic E-state index is 0.248. The van der Waals surface area contributed by atoms with Crippen LogP contribution in [0.15, 0.2) is 0 Å². The van der Waals surface area contributed by atoms with E-state index < -0.39 is 12.1 Å². The highest BCUT2D eigenvalue weighted by atomic mass is 16.6. The number of hydrogen-bond donors (Lipinski definition) is 0. The molecule has 0 aliphatic carbocycles. The van der Waals surface area contributed by atoms with Gasteiger partial charge in [-0.05, 0) is 12.8 Å². The third-order valence-corrected chi connectivity index (χ3v) is 9.31. The van der Waals surface area contributed by atoms with E-state index in [1.54, 1.807) is 11.8 Å². The van der Waals surface area contributed by atoms with Crippen LogP contribution in [0, 0.1) is 0 Å². The SMILES string of the molecule is CCCCCCCCCCCCCCCCCCN(CCCCCCCCCCCCCCCCCC)C(=O)OC(=O)CC. The Morgan fingerprint density at radius 2 is 0.591 bits per heavy atom. The maximum atomic E-state index is 12.6. The van der Waals surface area contributed by atoms with Gasteiger partial charge in [0.25, 0.3) is 0 Å². The molecule has 0 aliphatic rings. The van der Waals surface area contributed by atoms with Crippen molar-refractivity contribution in [3.8, 4) is 0 Å². The molecule has 0 aromatic heterocycles. The summed E-state index contributed by atoms with van der Waals surface area (Å²) in [6, 6.07) is 0. The van der Waals surface area contributed by atoms with Gasteiger partial charge in [-0.15, -0.1) is 0 Å². The van der Waals surface area contributed by atoms with Crippen molar-refractivity contribution in [2.45, 2.75) is 233 Å². The Morgan fingerprint density at radius 3 is 0.818 bits per heavy atom. The third kappa shape index (κ3) is 32.3. The summed E-state index contributed by atoms with van der Waals surface area (Å²) < 4.78 is 5.07. The quantitative estimate of drug-likeness (QED) is 0.0402. The Hall–Kier alpha value is -1.06. The molecule has 0 aromatic rings. The van der Waals surface area contributed by atoms with E-state index in [0.717, 1.165) is 25.7 Å². The maximum absolute atomic E-state index is 12.6. The molecule has 4 nitrogen and oxygen atoms in total. The molecule has 4 heteroatoms. The minimum Gasteiger partial charge on any atom is -0.376 e. The summed E-state index contributed by atoms with van der Waals surface area (Å²) in [5.74, 6) is -0.418. The number of ether oxygens (including phenoxy) is 1. The first kappa shape index (κ1) is 42.9. The summed E-state index contributed by atoms with van der Waals surface area (Å²) in [4.78, 5) is 26.1. The molecule has 0 spiro atoms. The fourth-order valence-corrected chi connectivity index (χ4v) is 6.23. The third-order valence-electron chi connectivity index (χ3n) is 9.31. The molecule has 1 amide bonds. The van der Waals surface area contributed by atoms with E-state index in [1.165, 1.54) is 180 Å². The van der Waals surface area contributed by atoms with Gasteiger partial charge in [-0.3, -0.25) is 4.79 Å². The van der Waals surface area contributed by atoms with Crippen LogP contribution in [-0.2, 0) is 9.53 Å². The molecule has 0 radical (unpaired) electrons. The average Bonchev–Trinajstić information content (AvgIpc) is 3.03. The van der Waals surface area contributed by atoms with Gasteiger partial charge in [0.1, 0.15) is 0 Å². The van der Waals surface area contributed by atoms with Crippen LogP contribution >= 0.6 is 0 Å². The first-order valence-corrected chi connectivity index (χ1v) is 20.1. The predicted octanol–water partition coefficient (Wildman–Crippen LogP) is 13.9. The second kappa shape index (κ2) is 36.4. The average molecular weight is 622 g/mol. The van der Waals surface area contributed by atoms with E-state index in [4.69, 9.17) is 4.74 Å². The number of carbonyl (C=O) groups excluding carboxylic acids is 2. The van der Waals surface area contributed by atoms with Gasteiger partial charge in [0.05, 0.1) is 0 Å². The number of nitrogens with zero attached hydrogens (tertiary/aromatic N) is 1. The lowest BCUT2D eigenvalue weighted by molar-refractivity contribution is -0.138. The van der Waals surface area contributed by atoms with Gasteiger partial charge in [0.15, 0.2) is 0 Å². The van der Waals surface area contributed by atoms with Gasteiger partial charge < -0.3 is 9.64 Å². The molecular formula is C40H79NO3. The lowest BCUT2D eigenvalue weighted by Crippen LogP contribution is -2.34. The molecule has 0 saturated heterocycles. The number of carbonyl (C=O) groups is 2.